The van der Waals surface area contributed by atoms with Gasteiger partial charge in [0.15, 0.2) is 0 Å². The molecule has 3 heteroatoms. The molecule has 0 bridgehead atoms. The van der Waals surface area contributed by atoms with E-state index in [1.165, 1.54) is 0 Å². The van der Waals surface area contributed by atoms with E-state index in [1.807, 2.05) is 60.7 Å². The Kier molecular flexibility index (Phi) is 3.75. The molecule has 1 N–H and O–H groups in total. The van der Waals surface area contributed by atoms with Gasteiger partial charge in [-0.2, -0.15) is 0 Å². The summed E-state index contributed by atoms with van der Waals surface area (Å²) in [5, 5.41) is 3.18. The van der Waals surface area contributed by atoms with Gasteiger partial charge in [0.1, 0.15) is 0 Å². The van der Waals surface area contributed by atoms with Crippen LogP contribution in [0, 0.1) is 0 Å². The molecule has 2 rings (SSSR count). The predicted molar refractivity (Wildman–Crippen MR) is 69.4 cm³/mol. The van der Waals surface area contributed by atoms with Crippen LogP contribution in [-0.2, 0) is 0 Å². The van der Waals surface area contributed by atoms with Crippen LogP contribution in [0.3, 0.4) is 0 Å². The number of anilines is 1. The molecular weight excluding hydrogens is 263 g/mol. The summed E-state index contributed by atoms with van der Waals surface area (Å²) in [6.07, 6.45) is 0. The summed E-state index contributed by atoms with van der Waals surface area (Å²) >= 11 is 2.91. The molecule has 16 heavy (non-hydrogen) atoms. The number of para-hydroxylation sites is 2. The molecule has 0 saturated heterocycles. The Morgan fingerprint density at radius 3 is 2.06 bits per heavy atom. The van der Waals surface area contributed by atoms with Crippen LogP contribution < -0.4 is 5.32 Å². The van der Waals surface area contributed by atoms with Crippen molar-refractivity contribution in [3.05, 3.63) is 60.7 Å². The van der Waals surface area contributed by atoms with Crippen LogP contribution >= 0.6 is 0 Å². The third-order valence-electron chi connectivity index (χ3n) is 2.01. The SMILES string of the molecule is [Se-]C(=Nc1ccccc1)Nc1ccccc1. The fraction of sp³-hybridized carbons (Fsp3) is 0. The van der Waals surface area contributed by atoms with E-state index in [2.05, 4.69) is 26.3 Å². The number of hydrogen-bond acceptors (Lipinski definition) is 1. The molecule has 0 saturated carbocycles. The quantitative estimate of drug-likeness (QED) is 0.508. The molecule has 0 aliphatic heterocycles. The van der Waals surface area contributed by atoms with Crippen molar-refractivity contribution in [2.75, 3.05) is 5.32 Å². The fourth-order valence-corrected chi connectivity index (χ4v) is 1.76. The molecule has 0 spiro atoms. The van der Waals surface area contributed by atoms with Gasteiger partial charge >= 0.3 is 103 Å². The molecule has 80 valence electrons. The van der Waals surface area contributed by atoms with E-state index in [1.54, 1.807) is 0 Å². The summed E-state index contributed by atoms with van der Waals surface area (Å²) in [7, 11) is 0. The van der Waals surface area contributed by atoms with Gasteiger partial charge in [-0.05, 0) is 0 Å². The maximum atomic E-state index is 4.40. The molecule has 2 nitrogen and oxygen atoms in total. The molecule has 0 aliphatic rings. The van der Waals surface area contributed by atoms with Crippen molar-refractivity contribution < 1.29 is 0 Å². The first-order valence-corrected chi connectivity index (χ1v) is 5.83. The van der Waals surface area contributed by atoms with Crippen molar-refractivity contribution >= 4 is 32.1 Å². The number of nitrogens with one attached hydrogen (secondary N) is 1. The first-order chi connectivity index (χ1) is 7.84. The Labute approximate surface area is 103 Å². The van der Waals surface area contributed by atoms with Gasteiger partial charge in [-0.15, -0.1) is 0 Å². The second-order valence-electron chi connectivity index (χ2n) is 3.24. The zero-order valence-corrected chi connectivity index (χ0v) is 10.3. The zero-order valence-electron chi connectivity index (χ0n) is 8.63. The van der Waals surface area contributed by atoms with Gasteiger partial charge in [0.25, 0.3) is 0 Å². The van der Waals surface area contributed by atoms with Gasteiger partial charge < -0.3 is 0 Å². The molecule has 0 atom stereocenters. The number of nitrogens with zero attached hydrogens (tertiary/aromatic N) is 1. The third-order valence-corrected chi connectivity index (χ3v) is 2.42. The fourth-order valence-electron chi connectivity index (χ4n) is 1.29. The van der Waals surface area contributed by atoms with E-state index >= 15 is 0 Å². The average Bonchev–Trinajstić information content (AvgIpc) is 2.31. The minimum absolute atomic E-state index is 0.761. The third kappa shape index (κ3) is 3.23. The monoisotopic (exact) mass is 275 g/mol. The van der Waals surface area contributed by atoms with E-state index in [4.69, 9.17) is 0 Å². The zero-order chi connectivity index (χ0) is 11.2. The summed E-state index contributed by atoms with van der Waals surface area (Å²) in [6, 6.07) is 19.8. The van der Waals surface area contributed by atoms with E-state index in [0.717, 1.165) is 16.1 Å². The van der Waals surface area contributed by atoms with Gasteiger partial charge in [0.05, 0.1) is 0 Å². The summed E-state index contributed by atoms with van der Waals surface area (Å²) in [5.74, 6) is 0. The van der Waals surface area contributed by atoms with Crippen LogP contribution in [0.5, 0.6) is 0 Å². The van der Waals surface area contributed by atoms with Crippen molar-refractivity contribution in [2.24, 2.45) is 4.99 Å². The Morgan fingerprint density at radius 2 is 1.44 bits per heavy atom. The van der Waals surface area contributed by atoms with Crippen molar-refractivity contribution in [2.45, 2.75) is 0 Å². The summed E-state index contributed by atoms with van der Waals surface area (Å²) in [5.41, 5.74) is 1.95. The van der Waals surface area contributed by atoms with Gasteiger partial charge in [-0.3, -0.25) is 0 Å². The number of amidine groups is 1. The van der Waals surface area contributed by atoms with Crippen LogP contribution in [0.15, 0.2) is 65.7 Å². The van der Waals surface area contributed by atoms with Crippen LogP contribution in [0.2, 0.25) is 0 Å². The molecule has 2 aromatic carbocycles. The maximum absolute atomic E-state index is 4.40. The van der Waals surface area contributed by atoms with Crippen molar-refractivity contribution in [1.82, 2.24) is 0 Å². The number of rotatable bonds is 2. The van der Waals surface area contributed by atoms with Gasteiger partial charge in [0, 0.05) is 0 Å². The van der Waals surface area contributed by atoms with Gasteiger partial charge in [0.2, 0.25) is 0 Å². The second kappa shape index (κ2) is 5.50. The van der Waals surface area contributed by atoms with Crippen LogP contribution in [0.4, 0.5) is 11.4 Å². The van der Waals surface area contributed by atoms with E-state index in [9.17, 15) is 0 Å². The van der Waals surface area contributed by atoms with Crippen molar-refractivity contribution in [3.8, 4) is 0 Å². The molecule has 0 aliphatic carbocycles. The average molecular weight is 274 g/mol. The molecular formula is C13H11N2Se-. The number of aliphatic imine (C=N–C) groups is 1. The Hall–Kier alpha value is -1.57. The van der Waals surface area contributed by atoms with Crippen molar-refractivity contribution in [3.63, 3.8) is 0 Å². The van der Waals surface area contributed by atoms with Crippen molar-refractivity contribution in [1.29, 1.82) is 0 Å². The summed E-state index contributed by atoms with van der Waals surface area (Å²) in [6.45, 7) is 0. The predicted octanol–water partition coefficient (Wildman–Crippen LogP) is 2.95. The molecule has 0 fully saturated rings. The van der Waals surface area contributed by atoms with E-state index in [0.29, 0.717) is 0 Å². The first kappa shape index (κ1) is 10.9. The first-order valence-electron chi connectivity index (χ1n) is 4.97. The Bertz CT molecular complexity index is 466. The minimum atomic E-state index is 0.761. The molecule has 0 aromatic heterocycles. The van der Waals surface area contributed by atoms with Crippen LogP contribution in [0.1, 0.15) is 0 Å². The van der Waals surface area contributed by atoms with E-state index < -0.39 is 0 Å². The van der Waals surface area contributed by atoms with Crippen LogP contribution in [0.25, 0.3) is 0 Å². The Balaban J connectivity index is 2.09. The van der Waals surface area contributed by atoms with Gasteiger partial charge in [-0.25, -0.2) is 0 Å². The van der Waals surface area contributed by atoms with Gasteiger partial charge in [-0.1, -0.05) is 0 Å². The summed E-state index contributed by atoms with van der Waals surface area (Å²) < 4.78 is 0.761. The normalized spacial score (nSPS) is 11.1. The standard InChI is InChI=1S/C13H12N2Se/c16-13(14-11-7-3-1-4-8-11)15-12-9-5-2-6-10-12/h1-10H,(H2,14,15,16)/p-1. The topological polar surface area (TPSA) is 24.4 Å². The molecule has 0 heterocycles. The second-order valence-corrected chi connectivity index (χ2v) is 4.05. The molecule has 2 aromatic rings. The number of hydrogen-bond donors (Lipinski definition) is 1. The van der Waals surface area contributed by atoms with E-state index in [-0.39, 0.29) is 0 Å². The van der Waals surface area contributed by atoms with Crippen LogP contribution in [-0.4, -0.2) is 20.7 Å². The molecule has 0 radical (unpaired) electrons. The summed E-state index contributed by atoms with van der Waals surface area (Å²) in [4.78, 5) is 4.40. The number of benzene rings is 2. The molecule has 0 amide bonds. The molecule has 0 unspecified atom stereocenters. The Morgan fingerprint density at radius 1 is 0.875 bits per heavy atom.